The lowest BCUT2D eigenvalue weighted by Gasteiger charge is -2.44. The van der Waals surface area contributed by atoms with Gasteiger partial charge in [0, 0.05) is 36.3 Å². The number of carbonyl (C=O) groups excluding carboxylic acids is 1. The molecule has 0 spiro atoms. The molecule has 0 bridgehead atoms. The number of benzene rings is 1. The number of pyridine rings is 1. The van der Waals surface area contributed by atoms with Gasteiger partial charge < -0.3 is 14.0 Å². The lowest BCUT2D eigenvalue weighted by atomic mass is 9.68. The maximum Gasteiger partial charge on any atom is 0.231 e. The molecule has 0 radical (unpaired) electrons. The summed E-state index contributed by atoms with van der Waals surface area (Å²) in [5.41, 5.74) is 3.50. The summed E-state index contributed by atoms with van der Waals surface area (Å²) in [6, 6.07) is 15.8. The lowest BCUT2D eigenvalue weighted by Crippen LogP contribution is -2.40. The number of anilines is 1. The van der Waals surface area contributed by atoms with Gasteiger partial charge in [-0.2, -0.15) is 5.26 Å². The van der Waals surface area contributed by atoms with E-state index < -0.39 is 5.92 Å². The number of nitrogens with zero attached hydrogens (tertiary/aromatic N) is 4. The van der Waals surface area contributed by atoms with Gasteiger partial charge in [0.05, 0.1) is 29.4 Å². The van der Waals surface area contributed by atoms with Crippen LogP contribution >= 0.6 is 0 Å². The Balaban J connectivity index is 1.67. The standard InChI is InChI=1S/C28H24N4O3/c1-28(2)13-21-26(22(33)14-28)25(18-7-8-23-24(12-18)35-17-34-23)20(15-29)27(31-10-3-4-11-31)32(21)19-6-5-9-30-16-19/h3-12,16,25H,13-14,17H2,1-2H3. The third-order valence-corrected chi connectivity index (χ3v) is 6.80. The van der Waals surface area contributed by atoms with Crippen LogP contribution in [0.5, 0.6) is 11.5 Å². The Morgan fingerprint density at radius 3 is 2.63 bits per heavy atom. The molecule has 1 aliphatic carbocycles. The summed E-state index contributed by atoms with van der Waals surface area (Å²) in [5, 5.41) is 10.6. The van der Waals surface area contributed by atoms with Gasteiger partial charge in [0.25, 0.3) is 0 Å². The van der Waals surface area contributed by atoms with Crippen LogP contribution in [-0.2, 0) is 4.79 Å². The summed E-state index contributed by atoms with van der Waals surface area (Å²) in [7, 11) is 0. The van der Waals surface area contributed by atoms with Gasteiger partial charge in [-0.1, -0.05) is 19.9 Å². The summed E-state index contributed by atoms with van der Waals surface area (Å²) in [4.78, 5) is 20.2. The number of hydrogen-bond acceptors (Lipinski definition) is 6. The van der Waals surface area contributed by atoms with E-state index in [0.29, 0.717) is 41.3 Å². The first-order valence-electron chi connectivity index (χ1n) is 11.6. The molecular weight excluding hydrogens is 440 g/mol. The predicted molar refractivity (Wildman–Crippen MR) is 130 cm³/mol. The summed E-state index contributed by atoms with van der Waals surface area (Å²) in [6.45, 7) is 4.39. The van der Waals surface area contributed by atoms with Crippen LogP contribution in [0.2, 0.25) is 0 Å². The minimum absolute atomic E-state index is 0.0621. The summed E-state index contributed by atoms with van der Waals surface area (Å²) in [6.07, 6.45) is 8.45. The molecule has 3 aromatic rings. The van der Waals surface area contributed by atoms with E-state index in [0.717, 1.165) is 16.9 Å². The molecule has 6 rings (SSSR count). The maximum absolute atomic E-state index is 13.8. The van der Waals surface area contributed by atoms with Crippen molar-refractivity contribution in [1.82, 2.24) is 9.55 Å². The van der Waals surface area contributed by atoms with Gasteiger partial charge in [0.1, 0.15) is 5.82 Å². The molecule has 0 amide bonds. The lowest BCUT2D eigenvalue weighted by molar-refractivity contribution is -0.118. The van der Waals surface area contributed by atoms with Crippen LogP contribution in [0.3, 0.4) is 0 Å². The van der Waals surface area contributed by atoms with Crippen LogP contribution in [0, 0.1) is 16.7 Å². The summed E-state index contributed by atoms with van der Waals surface area (Å²) < 4.78 is 13.1. The van der Waals surface area contributed by atoms with Gasteiger partial charge in [-0.25, -0.2) is 0 Å². The van der Waals surface area contributed by atoms with E-state index in [4.69, 9.17) is 9.47 Å². The van der Waals surface area contributed by atoms with Crippen molar-refractivity contribution in [3.05, 3.63) is 89.7 Å². The van der Waals surface area contributed by atoms with Crippen molar-refractivity contribution in [3.8, 4) is 17.6 Å². The van der Waals surface area contributed by atoms with E-state index in [1.807, 2.05) is 64.3 Å². The van der Waals surface area contributed by atoms with E-state index in [2.05, 4.69) is 24.9 Å². The highest BCUT2D eigenvalue weighted by Crippen LogP contribution is 2.52. The zero-order chi connectivity index (χ0) is 24.2. The van der Waals surface area contributed by atoms with Crippen molar-refractivity contribution in [2.75, 3.05) is 11.7 Å². The van der Waals surface area contributed by atoms with E-state index in [-0.39, 0.29) is 18.0 Å². The molecule has 2 aliphatic heterocycles. The van der Waals surface area contributed by atoms with Gasteiger partial charge in [0.15, 0.2) is 17.3 Å². The fourth-order valence-electron chi connectivity index (χ4n) is 5.39. The Bertz CT molecular complexity index is 1430. The number of hydrogen-bond donors (Lipinski definition) is 0. The Hall–Kier alpha value is -4.31. The molecule has 2 aromatic heterocycles. The first kappa shape index (κ1) is 21.2. The average Bonchev–Trinajstić information content (AvgIpc) is 3.54. The molecule has 0 saturated carbocycles. The quantitative estimate of drug-likeness (QED) is 0.527. The number of rotatable bonds is 3. The number of ketones is 1. The Labute approximate surface area is 203 Å². The average molecular weight is 465 g/mol. The van der Waals surface area contributed by atoms with Crippen LogP contribution in [0.25, 0.3) is 5.82 Å². The Kier molecular flexibility index (Phi) is 4.78. The van der Waals surface area contributed by atoms with Crippen LogP contribution in [0.1, 0.15) is 38.2 Å². The molecule has 0 saturated heterocycles. The molecule has 1 unspecified atom stereocenters. The van der Waals surface area contributed by atoms with Crippen molar-refractivity contribution in [2.45, 2.75) is 32.6 Å². The molecule has 174 valence electrons. The van der Waals surface area contributed by atoms with E-state index >= 15 is 0 Å². The van der Waals surface area contributed by atoms with Gasteiger partial charge in [0.2, 0.25) is 6.79 Å². The zero-order valence-corrected chi connectivity index (χ0v) is 19.6. The SMILES string of the molecule is CC1(C)CC(=O)C2=C(C1)N(c1cccnc1)C(n1cccc1)=C(C#N)C2c1ccc2c(c1)OCO2. The molecule has 3 aliphatic rings. The third kappa shape index (κ3) is 3.41. The molecule has 35 heavy (non-hydrogen) atoms. The number of ether oxygens (including phenoxy) is 2. The number of Topliss-reactive ketones (excluding diaryl/α,β-unsaturated/α-hetero) is 1. The maximum atomic E-state index is 13.8. The minimum atomic E-state index is -0.515. The fraction of sp³-hybridized carbons (Fsp3) is 0.250. The van der Waals surface area contributed by atoms with Crippen LogP contribution in [-0.4, -0.2) is 22.1 Å². The van der Waals surface area contributed by atoms with Crippen molar-refractivity contribution in [3.63, 3.8) is 0 Å². The fourth-order valence-corrected chi connectivity index (χ4v) is 5.39. The topological polar surface area (TPSA) is 80.4 Å². The summed E-state index contributed by atoms with van der Waals surface area (Å²) >= 11 is 0. The third-order valence-electron chi connectivity index (χ3n) is 6.80. The second kappa shape index (κ2) is 7.88. The second-order valence-corrected chi connectivity index (χ2v) is 9.83. The molecule has 4 heterocycles. The Morgan fingerprint density at radius 1 is 1.09 bits per heavy atom. The zero-order valence-electron chi connectivity index (χ0n) is 19.6. The van der Waals surface area contributed by atoms with Crippen LogP contribution in [0.15, 0.2) is 84.1 Å². The van der Waals surface area contributed by atoms with Gasteiger partial charge in [-0.3, -0.25) is 14.7 Å². The number of carbonyl (C=O) groups is 1. The normalized spacial score (nSPS) is 20.7. The number of fused-ring (bicyclic) bond motifs is 1. The predicted octanol–water partition coefficient (Wildman–Crippen LogP) is 5.25. The highest BCUT2D eigenvalue weighted by molar-refractivity contribution is 6.03. The minimum Gasteiger partial charge on any atom is -0.454 e. The van der Waals surface area contributed by atoms with Gasteiger partial charge >= 0.3 is 0 Å². The monoisotopic (exact) mass is 464 g/mol. The molecular formula is C28H24N4O3. The smallest absolute Gasteiger partial charge is 0.231 e. The highest BCUT2D eigenvalue weighted by Gasteiger charge is 2.45. The molecule has 7 heteroatoms. The number of allylic oxidation sites excluding steroid dienone is 3. The Morgan fingerprint density at radius 2 is 1.89 bits per heavy atom. The van der Waals surface area contributed by atoms with Crippen molar-refractivity contribution in [1.29, 1.82) is 5.26 Å². The van der Waals surface area contributed by atoms with Gasteiger partial charge in [-0.15, -0.1) is 0 Å². The van der Waals surface area contributed by atoms with Crippen molar-refractivity contribution >= 4 is 17.3 Å². The van der Waals surface area contributed by atoms with E-state index in [1.165, 1.54) is 0 Å². The summed E-state index contributed by atoms with van der Waals surface area (Å²) in [5.74, 6) is 1.55. The highest BCUT2D eigenvalue weighted by atomic mass is 16.7. The number of aromatic nitrogens is 2. The van der Waals surface area contributed by atoms with Crippen molar-refractivity contribution in [2.24, 2.45) is 5.41 Å². The van der Waals surface area contributed by atoms with E-state index in [1.54, 1.807) is 12.4 Å². The van der Waals surface area contributed by atoms with Crippen molar-refractivity contribution < 1.29 is 14.3 Å². The molecule has 1 aromatic carbocycles. The molecule has 7 nitrogen and oxygen atoms in total. The molecule has 0 fully saturated rings. The first-order valence-corrected chi connectivity index (χ1v) is 11.6. The van der Waals surface area contributed by atoms with Crippen LogP contribution < -0.4 is 14.4 Å². The largest absolute Gasteiger partial charge is 0.454 e. The molecule has 0 N–H and O–H groups in total. The van der Waals surface area contributed by atoms with Gasteiger partial charge in [-0.05, 0) is 53.8 Å². The second-order valence-electron chi connectivity index (χ2n) is 9.83. The van der Waals surface area contributed by atoms with Crippen LogP contribution in [0.4, 0.5) is 5.69 Å². The first-order chi connectivity index (χ1) is 17.0. The van der Waals surface area contributed by atoms with E-state index in [9.17, 15) is 10.1 Å². The molecule has 1 atom stereocenters. The number of nitriles is 1.